The molecule has 0 saturated carbocycles. The topological polar surface area (TPSA) is 121 Å². The molecule has 1 heterocycles. The van der Waals surface area contributed by atoms with E-state index in [1.165, 1.54) is 0 Å². The van der Waals surface area contributed by atoms with Crippen molar-refractivity contribution in [3.8, 4) is 0 Å². The van der Waals surface area contributed by atoms with Gasteiger partial charge in [0.15, 0.2) is 0 Å². The van der Waals surface area contributed by atoms with Crippen molar-refractivity contribution in [1.29, 1.82) is 0 Å². The second-order valence-corrected chi connectivity index (χ2v) is 8.31. The van der Waals surface area contributed by atoms with Crippen LogP contribution < -0.4 is 0 Å². The van der Waals surface area contributed by atoms with E-state index in [-0.39, 0.29) is 19.8 Å². The van der Waals surface area contributed by atoms with E-state index >= 15 is 0 Å². The summed E-state index contributed by atoms with van der Waals surface area (Å²) in [4.78, 5) is 19.2. The normalized spacial score (nSPS) is 26.2. The molecule has 1 aliphatic rings. The van der Waals surface area contributed by atoms with Crippen LogP contribution in [0.15, 0.2) is 0 Å². The van der Waals surface area contributed by atoms with Crippen molar-refractivity contribution < 1.29 is 41.7 Å². The molecular weight excluding hydrogens is 362 g/mol. The molecule has 24 heavy (non-hydrogen) atoms. The summed E-state index contributed by atoms with van der Waals surface area (Å²) in [5.41, 5.74) is 0. The molecule has 3 unspecified atom stereocenters. The number of unbranched alkanes of at least 4 members (excludes halogenated alkanes) is 2. The second kappa shape index (κ2) is 11.0. The third-order valence-corrected chi connectivity index (χ3v) is 5.35. The van der Waals surface area contributed by atoms with Crippen LogP contribution in [0.2, 0.25) is 0 Å². The van der Waals surface area contributed by atoms with E-state index in [0.717, 1.165) is 12.8 Å². The molecular formula is C13H28O9P2. The Kier molecular flexibility index (Phi) is 10.2. The minimum Gasteiger partial charge on any atom is -0.373 e. The molecule has 4 atom stereocenters. The predicted octanol–water partition coefficient (Wildman–Crippen LogP) is 3.01. The van der Waals surface area contributed by atoms with E-state index in [1.54, 1.807) is 0 Å². The van der Waals surface area contributed by atoms with Crippen LogP contribution in [0.1, 0.15) is 46.0 Å². The van der Waals surface area contributed by atoms with E-state index in [1.807, 2.05) is 13.8 Å². The summed E-state index contributed by atoms with van der Waals surface area (Å²) in [6.07, 6.45) is 1.81. The van der Waals surface area contributed by atoms with Crippen LogP contribution in [-0.4, -0.2) is 48.4 Å². The predicted molar refractivity (Wildman–Crippen MR) is 86.6 cm³/mol. The molecule has 1 fully saturated rings. The van der Waals surface area contributed by atoms with Crippen LogP contribution in [0.4, 0.5) is 0 Å². The molecule has 0 bridgehead atoms. The van der Waals surface area contributed by atoms with E-state index in [9.17, 15) is 18.9 Å². The largest absolute Gasteiger partial charge is 0.472 e. The summed E-state index contributed by atoms with van der Waals surface area (Å²) < 4.78 is 48.5. The van der Waals surface area contributed by atoms with E-state index in [2.05, 4.69) is 0 Å². The van der Waals surface area contributed by atoms with Gasteiger partial charge in [-0.1, -0.05) is 26.7 Å². The van der Waals surface area contributed by atoms with Crippen molar-refractivity contribution in [2.45, 2.75) is 58.2 Å². The van der Waals surface area contributed by atoms with Crippen molar-refractivity contribution in [3.05, 3.63) is 0 Å². The van der Waals surface area contributed by atoms with E-state index in [0.29, 0.717) is 25.9 Å². The van der Waals surface area contributed by atoms with Gasteiger partial charge in [-0.2, -0.15) is 0 Å². The number of hydrogen-bond donors (Lipinski definition) is 2. The van der Waals surface area contributed by atoms with Crippen LogP contribution in [0.3, 0.4) is 0 Å². The smallest absolute Gasteiger partial charge is 0.373 e. The quantitative estimate of drug-likeness (QED) is 0.361. The Hall–Kier alpha value is 0.180. The maximum absolute atomic E-state index is 11.9. The van der Waals surface area contributed by atoms with Gasteiger partial charge in [0.1, 0.15) is 12.2 Å². The van der Waals surface area contributed by atoms with Crippen LogP contribution in [0.5, 0.6) is 0 Å². The Morgan fingerprint density at radius 2 is 1.58 bits per heavy atom. The molecule has 0 radical (unpaired) electrons. The lowest BCUT2D eigenvalue weighted by molar-refractivity contribution is -0.00332. The van der Waals surface area contributed by atoms with Crippen molar-refractivity contribution in [3.63, 3.8) is 0 Å². The summed E-state index contributed by atoms with van der Waals surface area (Å²) >= 11 is 0. The number of rotatable bonds is 13. The van der Waals surface area contributed by atoms with Gasteiger partial charge in [0.05, 0.1) is 19.8 Å². The average Bonchev–Trinajstić information content (AvgIpc) is 2.92. The first-order valence-electron chi connectivity index (χ1n) is 8.19. The minimum absolute atomic E-state index is 0.118. The molecule has 0 aromatic carbocycles. The Bertz CT molecular complexity index is 445. The monoisotopic (exact) mass is 390 g/mol. The lowest BCUT2D eigenvalue weighted by Crippen LogP contribution is -2.28. The summed E-state index contributed by atoms with van der Waals surface area (Å²) in [6, 6.07) is 0. The number of ether oxygens (including phenoxy) is 1. The van der Waals surface area contributed by atoms with E-state index < -0.39 is 27.9 Å². The molecule has 0 aromatic rings. The van der Waals surface area contributed by atoms with Crippen molar-refractivity contribution in [1.82, 2.24) is 0 Å². The summed E-state index contributed by atoms with van der Waals surface area (Å²) in [5, 5.41) is 0. The zero-order valence-corrected chi connectivity index (χ0v) is 16.0. The highest BCUT2D eigenvalue weighted by Gasteiger charge is 2.37. The molecule has 1 aliphatic heterocycles. The van der Waals surface area contributed by atoms with Gasteiger partial charge in [-0.3, -0.25) is 18.1 Å². The van der Waals surface area contributed by atoms with Gasteiger partial charge in [0.25, 0.3) is 0 Å². The third-order valence-electron chi connectivity index (χ3n) is 3.32. The fourth-order valence-corrected chi connectivity index (χ4v) is 3.73. The molecule has 2 N–H and O–H groups in total. The molecule has 11 heteroatoms. The lowest BCUT2D eigenvalue weighted by atomic mass is 10.2. The Morgan fingerprint density at radius 1 is 1.00 bits per heavy atom. The first-order chi connectivity index (χ1) is 11.3. The van der Waals surface area contributed by atoms with E-state index in [4.69, 9.17) is 22.8 Å². The van der Waals surface area contributed by atoms with Crippen LogP contribution >= 0.6 is 15.6 Å². The molecule has 0 aliphatic carbocycles. The van der Waals surface area contributed by atoms with Crippen molar-refractivity contribution in [2.24, 2.45) is 0 Å². The lowest BCUT2D eigenvalue weighted by Gasteiger charge is -2.22. The molecule has 1 rings (SSSR count). The molecule has 0 amide bonds. The van der Waals surface area contributed by atoms with Gasteiger partial charge in [-0.05, 0) is 12.8 Å². The van der Waals surface area contributed by atoms with Crippen molar-refractivity contribution in [2.75, 3.05) is 26.4 Å². The van der Waals surface area contributed by atoms with Gasteiger partial charge in [0, 0.05) is 13.0 Å². The van der Waals surface area contributed by atoms with Crippen LogP contribution in [-0.2, 0) is 32.0 Å². The Labute approximate surface area is 142 Å². The van der Waals surface area contributed by atoms with Crippen LogP contribution in [0.25, 0.3) is 0 Å². The maximum atomic E-state index is 11.9. The number of hydrogen-bond acceptors (Lipinski definition) is 7. The first-order valence-corrected chi connectivity index (χ1v) is 11.2. The summed E-state index contributed by atoms with van der Waals surface area (Å²) in [5.74, 6) is 0. The molecule has 144 valence electrons. The highest BCUT2D eigenvalue weighted by atomic mass is 31.2. The number of phosphoric acid groups is 2. The fourth-order valence-electron chi connectivity index (χ4n) is 1.96. The molecule has 1 saturated heterocycles. The summed E-state index contributed by atoms with van der Waals surface area (Å²) in [7, 11) is -8.37. The second-order valence-electron chi connectivity index (χ2n) is 5.45. The Morgan fingerprint density at radius 3 is 2.17 bits per heavy atom. The Balaban J connectivity index is 2.42. The highest BCUT2D eigenvalue weighted by molar-refractivity contribution is 7.47. The van der Waals surface area contributed by atoms with Gasteiger partial charge < -0.3 is 14.5 Å². The zero-order chi connectivity index (χ0) is 18.1. The molecule has 9 nitrogen and oxygen atoms in total. The van der Waals surface area contributed by atoms with Gasteiger partial charge in [-0.15, -0.1) is 0 Å². The minimum atomic E-state index is -4.19. The average molecular weight is 390 g/mol. The number of phosphoric ester groups is 2. The fraction of sp³-hybridized carbons (Fsp3) is 1.00. The maximum Gasteiger partial charge on any atom is 0.472 e. The molecule has 0 spiro atoms. The zero-order valence-electron chi connectivity index (χ0n) is 14.2. The van der Waals surface area contributed by atoms with Crippen LogP contribution in [0, 0.1) is 0 Å². The third kappa shape index (κ3) is 9.04. The summed E-state index contributed by atoms with van der Waals surface area (Å²) in [6.45, 7) is 4.11. The SMILES string of the molecule is CCCCOP(=O)(O)OC[C@H]1OCCC1OP(=O)(O)OCCCC. The van der Waals surface area contributed by atoms with Gasteiger partial charge in [-0.25, -0.2) is 9.13 Å². The van der Waals surface area contributed by atoms with Gasteiger partial charge >= 0.3 is 15.6 Å². The first kappa shape index (κ1) is 22.2. The molecule has 0 aromatic heterocycles. The highest BCUT2D eigenvalue weighted by Crippen LogP contribution is 2.48. The van der Waals surface area contributed by atoms with Gasteiger partial charge in [0.2, 0.25) is 0 Å². The standard InChI is InChI=1S/C13H28O9P2/c1-3-5-8-19-23(14,15)21-11-13-12(7-10-18-13)22-24(16,17)20-9-6-4-2/h12-13H,3-11H2,1-2H3,(H,14,15)(H,16,17)/t12?,13-/m1/s1. The van der Waals surface area contributed by atoms with Crippen molar-refractivity contribution >= 4 is 15.6 Å².